The van der Waals surface area contributed by atoms with Gasteiger partial charge in [-0.05, 0) is 38.8 Å². The molecule has 26 heavy (non-hydrogen) atoms. The Hall–Kier alpha value is -2.34. The molecule has 0 bridgehead atoms. The quantitative estimate of drug-likeness (QED) is 0.460. The minimum absolute atomic E-state index is 0.832. The molecule has 3 N–H and O–H groups in total. The third kappa shape index (κ3) is 4.25. The molecule has 1 aromatic carbocycles. The second-order valence-corrected chi connectivity index (χ2v) is 7.74. The number of nitrogens with one attached hydrogen (secondary N) is 3. The Morgan fingerprint density at radius 3 is 2.54 bits per heavy atom. The first-order valence-electron chi connectivity index (χ1n) is 9.02. The summed E-state index contributed by atoms with van der Waals surface area (Å²) in [5, 5.41) is 9.27. The van der Waals surface area contributed by atoms with E-state index in [4.69, 9.17) is 0 Å². The highest BCUT2D eigenvalue weighted by atomic mass is 32.1. The molecule has 5 nitrogen and oxygen atoms in total. The van der Waals surface area contributed by atoms with Gasteiger partial charge in [0.2, 0.25) is 0 Å². The summed E-state index contributed by atoms with van der Waals surface area (Å²) in [5.41, 5.74) is 4.96. The topological polar surface area (TPSA) is 65.1 Å². The van der Waals surface area contributed by atoms with Gasteiger partial charge in [-0.3, -0.25) is 4.99 Å². The lowest BCUT2D eigenvalue weighted by molar-refractivity contribution is 0.781. The molecule has 0 radical (unpaired) electrons. The molecule has 0 atom stereocenters. The van der Waals surface area contributed by atoms with Gasteiger partial charge in [0.25, 0.3) is 0 Å². The molecular formula is C20H27N5S. The van der Waals surface area contributed by atoms with Crippen molar-refractivity contribution in [3.63, 3.8) is 0 Å². The number of H-pyrrole nitrogens is 1. The lowest BCUT2D eigenvalue weighted by Crippen LogP contribution is -2.39. The Kier molecular flexibility index (Phi) is 5.93. The minimum atomic E-state index is 0.832. The van der Waals surface area contributed by atoms with Gasteiger partial charge in [-0.15, -0.1) is 11.3 Å². The maximum absolute atomic E-state index is 4.58. The minimum Gasteiger partial charge on any atom is -0.358 e. The Morgan fingerprint density at radius 2 is 1.85 bits per heavy atom. The van der Waals surface area contributed by atoms with Gasteiger partial charge < -0.3 is 15.6 Å². The number of rotatable bonds is 6. The number of para-hydroxylation sites is 1. The highest BCUT2D eigenvalue weighted by Gasteiger charge is 2.08. The van der Waals surface area contributed by atoms with Crippen molar-refractivity contribution in [1.29, 1.82) is 0 Å². The van der Waals surface area contributed by atoms with Crippen molar-refractivity contribution in [2.75, 3.05) is 20.1 Å². The predicted octanol–water partition coefficient (Wildman–Crippen LogP) is 3.50. The maximum atomic E-state index is 4.58. The molecule has 0 spiro atoms. The van der Waals surface area contributed by atoms with Crippen LogP contribution in [0.5, 0.6) is 0 Å². The van der Waals surface area contributed by atoms with Crippen LogP contribution in [0.15, 0.2) is 29.3 Å². The van der Waals surface area contributed by atoms with Gasteiger partial charge in [0.05, 0.1) is 10.7 Å². The van der Waals surface area contributed by atoms with E-state index in [0.717, 1.165) is 37.6 Å². The maximum Gasteiger partial charge on any atom is 0.191 e. The Morgan fingerprint density at radius 1 is 1.12 bits per heavy atom. The van der Waals surface area contributed by atoms with Crippen LogP contribution in [0.1, 0.15) is 26.8 Å². The van der Waals surface area contributed by atoms with Crippen molar-refractivity contribution in [2.45, 2.75) is 33.6 Å². The molecule has 2 aromatic heterocycles. The average Bonchev–Trinajstić information content (AvgIpc) is 3.12. The monoisotopic (exact) mass is 369 g/mol. The van der Waals surface area contributed by atoms with E-state index in [9.17, 15) is 0 Å². The first kappa shape index (κ1) is 18.5. The molecule has 3 aromatic rings. The van der Waals surface area contributed by atoms with Crippen molar-refractivity contribution in [3.05, 3.63) is 51.1 Å². The van der Waals surface area contributed by atoms with Gasteiger partial charge in [0.1, 0.15) is 0 Å². The second kappa shape index (κ2) is 8.36. The third-order valence-electron chi connectivity index (χ3n) is 4.62. The van der Waals surface area contributed by atoms with Crippen LogP contribution in [-0.4, -0.2) is 36.1 Å². The number of nitrogens with zero attached hydrogens (tertiary/aromatic N) is 2. The van der Waals surface area contributed by atoms with Crippen LogP contribution in [-0.2, 0) is 12.8 Å². The summed E-state index contributed by atoms with van der Waals surface area (Å²) >= 11 is 1.78. The number of hydrogen-bond donors (Lipinski definition) is 3. The lowest BCUT2D eigenvalue weighted by atomic mass is 10.1. The summed E-state index contributed by atoms with van der Waals surface area (Å²) in [6.07, 6.45) is 1.88. The van der Waals surface area contributed by atoms with Crippen LogP contribution in [0.4, 0.5) is 0 Å². The molecule has 0 aliphatic rings. The van der Waals surface area contributed by atoms with E-state index < -0.39 is 0 Å². The molecule has 0 unspecified atom stereocenters. The second-order valence-electron chi connectivity index (χ2n) is 6.45. The van der Waals surface area contributed by atoms with Gasteiger partial charge in [-0.25, -0.2) is 4.98 Å². The molecule has 2 heterocycles. The molecule has 0 aliphatic carbocycles. The van der Waals surface area contributed by atoms with Crippen LogP contribution in [0.25, 0.3) is 10.9 Å². The predicted molar refractivity (Wildman–Crippen MR) is 111 cm³/mol. The number of aromatic nitrogens is 2. The van der Waals surface area contributed by atoms with Gasteiger partial charge in [-0.1, -0.05) is 18.2 Å². The van der Waals surface area contributed by atoms with Crippen LogP contribution in [0.2, 0.25) is 0 Å². The van der Waals surface area contributed by atoms with E-state index in [1.54, 1.807) is 11.3 Å². The number of thiazole rings is 1. The fourth-order valence-electron chi connectivity index (χ4n) is 3.12. The number of hydrogen-bond acceptors (Lipinski definition) is 3. The highest BCUT2D eigenvalue weighted by molar-refractivity contribution is 7.11. The number of guanidine groups is 1. The normalized spacial score (nSPS) is 11.9. The van der Waals surface area contributed by atoms with E-state index in [2.05, 4.69) is 70.6 Å². The van der Waals surface area contributed by atoms with E-state index in [0.29, 0.717) is 0 Å². The number of aliphatic imine (C=N–C) groups is 1. The first-order chi connectivity index (χ1) is 12.6. The van der Waals surface area contributed by atoms with Crippen molar-refractivity contribution in [1.82, 2.24) is 20.6 Å². The Labute approximate surface area is 159 Å². The summed E-state index contributed by atoms with van der Waals surface area (Å²) in [5.74, 6) is 0.840. The SMILES string of the molecule is CN=C(NCCc1nc(C)c(C)s1)NCCc1c(C)[nH]c2ccccc12. The molecule has 6 heteroatoms. The molecule has 0 fully saturated rings. The van der Waals surface area contributed by atoms with Crippen LogP contribution in [0.3, 0.4) is 0 Å². The van der Waals surface area contributed by atoms with Crippen LogP contribution in [0, 0.1) is 20.8 Å². The zero-order chi connectivity index (χ0) is 18.5. The van der Waals surface area contributed by atoms with Crippen LogP contribution >= 0.6 is 11.3 Å². The van der Waals surface area contributed by atoms with E-state index >= 15 is 0 Å². The smallest absolute Gasteiger partial charge is 0.191 e. The molecule has 0 aliphatic heterocycles. The van der Waals surface area contributed by atoms with Crippen molar-refractivity contribution in [2.24, 2.45) is 4.99 Å². The van der Waals surface area contributed by atoms with Crippen LogP contribution < -0.4 is 10.6 Å². The number of aryl methyl sites for hydroxylation is 3. The highest BCUT2D eigenvalue weighted by Crippen LogP contribution is 2.21. The van der Waals surface area contributed by atoms with Gasteiger partial charge in [-0.2, -0.15) is 0 Å². The fraction of sp³-hybridized carbons (Fsp3) is 0.400. The lowest BCUT2D eigenvalue weighted by Gasteiger charge is -2.11. The molecular weight excluding hydrogens is 342 g/mol. The molecule has 3 rings (SSSR count). The third-order valence-corrected chi connectivity index (χ3v) is 5.75. The Balaban J connectivity index is 1.49. The van der Waals surface area contributed by atoms with Crippen molar-refractivity contribution >= 4 is 28.2 Å². The van der Waals surface area contributed by atoms with Crippen molar-refractivity contribution < 1.29 is 0 Å². The Bertz CT molecular complexity index is 887. The summed E-state index contributed by atoms with van der Waals surface area (Å²) in [6, 6.07) is 8.47. The largest absolute Gasteiger partial charge is 0.358 e. The zero-order valence-electron chi connectivity index (χ0n) is 15.9. The fourth-order valence-corrected chi connectivity index (χ4v) is 4.05. The zero-order valence-corrected chi connectivity index (χ0v) is 16.8. The van der Waals surface area contributed by atoms with E-state index in [-0.39, 0.29) is 0 Å². The summed E-state index contributed by atoms with van der Waals surface area (Å²) in [6.45, 7) is 8.00. The van der Waals surface area contributed by atoms with E-state index in [1.807, 2.05) is 7.05 Å². The van der Waals surface area contributed by atoms with Crippen molar-refractivity contribution in [3.8, 4) is 0 Å². The van der Waals surface area contributed by atoms with E-state index in [1.165, 1.54) is 32.0 Å². The number of fused-ring (bicyclic) bond motifs is 1. The number of benzene rings is 1. The summed E-state index contributed by atoms with van der Waals surface area (Å²) < 4.78 is 0. The van der Waals surface area contributed by atoms with Gasteiger partial charge >= 0.3 is 0 Å². The standard InChI is InChI=1S/C20H27N5S/c1-13-15(3)26-19(25-13)10-12-23-20(21-4)22-11-9-16-14(2)24-18-8-6-5-7-17(16)18/h5-8,24H,9-12H2,1-4H3,(H2,21,22,23). The molecule has 138 valence electrons. The summed E-state index contributed by atoms with van der Waals surface area (Å²) in [7, 11) is 1.81. The first-order valence-corrected chi connectivity index (χ1v) is 9.83. The van der Waals surface area contributed by atoms with Gasteiger partial charge in [0.15, 0.2) is 5.96 Å². The molecule has 0 amide bonds. The summed E-state index contributed by atoms with van der Waals surface area (Å²) in [4.78, 5) is 13.7. The molecule has 0 saturated heterocycles. The number of aromatic amines is 1. The van der Waals surface area contributed by atoms with Gasteiger partial charge in [0, 0.05) is 48.0 Å². The average molecular weight is 370 g/mol. The molecule has 0 saturated carbocycles.